The Hall–Kier alpha value is -1.73. The van der Waals surface area contributed by atoms with Crippen molar-refractivity contribution in [3.63, 3.8) is 0 Å². The van der Waals surface area contributed by atoms with Crippen molar-refractivity contribution >= 4 is 17.2 Å². The van der Waals surface area contributed by atoms with Crippen molar-refractivity contribution in [2.75, 3.05) is 19.6 Å². The molecule has 3 saturated heterocycles. The molecule has 0 aliphatic carbocycles. The first-order chi connectivity index (χ1) is 12.3. The van der Waals surface area contributed by atoms with Crippen LogP contribution in [-0.4, -0.2) is 56.6 Å². The number of piperidine rings is 1. The predicted octanol–water partition coefficient (Wildman–Crippen LogP) is 2.31. The maximum atomic E-state index is 12.8. The molecular formula is C18H25N5OS. The number of fused-ring (bicyclic) bond motifs is 4. The SMILES string of the molecule is O=C(CCCc1cn[nH]c1)N1C[C@H]2CC[C@@H]1CN(Cc1cscn1)C2. The number of H-pyrrole nitrogens is 1. The van der Waals surface area contributed by atoms with Gasteiger partial charge < -0.3 is 4.90 Å². The second-order valence-corrected chi connectivity index (χ2v) is 8.00. The number of nitrogens with one attached hydrogen (secondary N) is 1. The monoisotopic (exact) mass is 359 g/mol. The second-order valence-electron chi connectivity index (χ2n) is 7.28. The van der Waals surface area contributed by atoms with Crippen LogP contribution in [0.2, 0.25) is 0 Å². The Kier molecular flexibility index (Phi) is 5.12. The van der Waals surface area contributed by atoms with Gasteiger partial charge in [-0.3, -0.25) is 14.8 Å². The molecule has 3 aliphatic heterocycles. The average Bonchev–Trinajstić information content (AvgIpc) is 3.24. The van der Waals surface area contributed by atoms with Crippen molar-refractivity contribution in [1.82, 2.24) is 25.0 Å². The van der Waals surface area contributed by atoms with Crippen LogP contribution in [0.1, 0.15) is 36.9 Å². The van der Waals surface area contributed by atoms with Gasteiger partial charge >= 0.3 is 0 Å². The number of amides is 1. The van der Waals surface area contributed by atoms with Crippen molar-refractivity contribution in [2.45, 2.75) is 44.7 Å². The van der Waals surface area contributed by atoms with E-state index in [4.69, 9.17) is 0 Å². The summed E-state index contributed by atoms with van der Waals surface area (Å²) in [5, 5.41) is 8.92. The number of aromatic amines is 1. The molecular weight excluding hydrogens is 334 g/mol. The third kappa shape index (κ3) is 4.10. The first-order valence-electron chi connectivity index (χ1n) is 9.14. The van der Waals surface area contributed by atoms with Gasteiger partial charge in [-0.15, -0.1) is 11.3 Å². The van der Waals surface area contributed by atoms with E-state index in [1.807, 2.05) is 17.9 Å². The molecule has 5 heterocycles. The van der Waals surface area contributed by atoms with Gasteiger partial charge in [-0.2, -0.15) is 5.10 Å². The number of carbonyl (C=O) groups is 1. The van der Waals surface area contributed by atoms with E-state index in [9.17, 15) is 4.79 Å². The quantitative estimate of drug-likeness (QED) is 0.860. The predicted molar refractivity (Wildman–Crippen MR) is 97.1 cm³/mol. The fourth-order valence-electron chi connectivity index (χ4n) is 4.16. The molecule has 0 radical (unpaired) electrons. The topological polar surface area (TPSA) is 65.1 Å². The number of aromatic nitrogens is 3. The highest BCUT2D eigenvalue weighted by Gasteiger charge is 2.36. The van der Waals surface area contributed by atoms with Crippen molar-refractivity contribution in [3.8, 4) is 0 Å². The fourth-order valence-corrected chi connectivity index (χ4v) is 4.71. The molecule has 1 N–H and O–H groups in total. The molecule has 3 fully saturated rings. The molecule has 6 nitrogen and oxygen atoms in total. The molecule has 25 heavy (non-hydrogen) atoms. The van der Waals surface area contributed by atoms with Crippen molar-refractivity contribution in [3.05, 3.63) is 34.5 Å². The van der Waals surface area contributed by atoms with Gasteiger partial charge in [0.15, 0.2) is 0 Å². The summed E-state index contributed by atoms with van der Waals surface area (Å²) < 4.78 is 0. The van der Waals surface area contributed by atoms with E-state index < -0.39 is 0 Å². The van der Waals surface area contributed by atoms with Crippen LogP contribution in [-0.2, 0) is 17.8 Å². The summed E-state index contributed by atoms with van der Waals surface area (Å²) in [5.41, 5.74) is 4.24. The zero-order valence-corrected chi connectivity index (χ0v) is 15.2. The van der Waals surface area contributed by atoms with Gasteiger partial charge in [-0.1, -0.05) is 0 Å². The maximum Gasteiger partial charge on any atom is 0.222 e. The molecule has 7 heteroatoms. The van der Waals surface area contributed by atoms with E-state index in [-0.39, 0.29) is 0 Å². The molecule has 5 rings (SSSR count). The molecule has 0 spiro atoms. The third-order valence-corrected chi connectivity index (χ3v) is 6.02. The molecule has 134 valence electrons. The van der Waals surface area contributed by atoms with E-state index in [0.717, 1.165) is 51.1 Å². The highest BCUT2D eigenvalue weighted by Crippen LogP contribution is 2.29. The van der Waals surface area contributed by atoms with E-state index >= 15 is 0 Å². The summed E-state index contributed by atoms with van der Waals surface area (Å²) in [5.74, 6) is 0.934. The van der Waals surface area contributed by atoms with Crippen LogP contribution in [0, 0.1) is 5.92 Å². The van der Waals surface area contributed by atoms with E-state index in [2.05, 4.69) is 30.4 Å². The molecule has 2 aromatic rings. The smallest absolute Gasteiger partial charge is 0.222 e. The minimum atomic E-state index is 0.328. The van der Waals surface area contributed by atoms with Crippen molar-refractivity contribution in [2.24, 2.45) is 5.92 Å². The van der Waals surface area contributed by atoms with Gasteiger partial charge in [0, 0.05) is 50.2 Å². The first kappa shape index (κ1) is 16.7. The van der Waals surface area contributed by atoms with E-state index in [1.54, 1.807) is 11.3 Å². The van der Waals surface area contributed by atoms with Crippen LogP contribution in [0.25, 0.3) is 0 Å². The number of hydrogen-bond donors (Lipinski definition) is 1. The number of rotatable bonds is 6. The van der Waals surface area contributed by atoms with Crippen LogP contribution in [0.5, 0.6) is 0 Å². The normalized spacial score (nSPS) is 23.8. The standard InChI is InChI=1S/C18H25N5OS/c24-18(3-1-2-14-6-20-21-7-14)23-9-15-4-5-17(23)11-22(8-15)10-16-12-25-13-19-16/h6-7,12-13,15,17H,1-5,8-11H2,(H,20,21)/t15-,17+/m0/s1. The van der Waals surface area contributed by atoms with Crippen LogP contribution in [0.15, 0.2) is 23.3 Å². The van der Waals surface area contributed by atoms with Gasteiger partial charge in [0.2, 0.25) is 5.91 Å². The molecule has 0 aromatic carbocycles. The largest absolute Gasteiger partial charge is 0.338 e. The van der Waals surface area contributed by atoms with Crippen LogP contribution in [0.4, 0.5) is 0 Å². The molecule has 1 amide bonds. The number of carbonyl (C=O) groups excluding carboxylic acids is 1. The van der Waals surface area contributed by atoms with Crippen molar-refractivity contribution in [1.29, 1.82) is 0 Å². The summed E-state index contributed by atoms with van der Waals surface area (Å²) in [4.78, 5) is 21.9. The van der Waals surface area contributed by atoms with Gasteiger partial charge in [0.25, 0.3) is 0 Å². The van der Waals surface area contributed by atoms with Crippen LogP contribution < -0.4 is 0 Å². The summed E-state index contributed by atoms with van der Waals surface area (Å²) in [6, 6.07) is 0.374. The Balaban J connectivity index is 1.32. The Labute approximate surface area is 152 Å². The van der Waals surface area contributed by atoms with Gasteiger partial charge in [0.05, 0.1) is 17.4 Å². The van der Waals surface area contributed by atoms with E-state index in [0.29, 0.717) is 24.3 Å². The Morgan fingerprint density at radius 3 is 3.08 bits per heavy atom. The highest BCUT2D eigenvalue weighted by atomic mass is 32.1. The lowest BCUT2D eigenvalue weighted by molar-refractivity contribution is -0.135. The molecule has 2 bridgehead atoms. The Bertz CT molecular complexity index is 672. The number of thiazole rings is 1. The fraction of sp³-hybridized carbons (Fsp3) is 0.611. The number of aryl methyl sites for hydroxylation is 1. The maximum absolute atomic E-state index is 12.8. The minimum absolute atomic E-state index is 0.328. The van der Waals surface area contributed by atoms with Gasteiger partial charge in [0.1, 0.15) is 0 Å². The van der Waals surface area contributed by atoms with Crippen LogP contribution >= 0.6 is 11.3 Å². The van der Waals surface area contributed by atoms with Gasteiger partial charge in [-0.25, -0.2) is 4.98 Å². The lowest BCUT2D eigenvalue weighted by atomic mass is 9.94. The lowest BCUT2D eigenvalue weighted by Gasteiger charge is -2.36. The Morgan fingerprint density at radius 1 is 1.32 bits per heavy atom. The summed E-state index contributed by atoms with van der Waals surface area (Å²) in [7, 11) is 0. The number of nitrogens with zero attached hydrogens (tertiary/aromatic N) is 4. The molecule has 0 unspecified atom stereocenters. The van der Waals surface area contributed by atoms with Gasteiger partial charge in [-0.05, 0) is 37.2 Å². The Morgan fingerprint density at radius 2 is 2.28 bits per heavy atom. The first-order valence-corrected chi connectivity index (χ1v) is 10.1. The molecule has 2 aromatic heterocycles. The highest BCUT2D eigenvalue weighted by molar-refractivity contribution is 7.07. The zero-order valence-electron chi connectivity index (χ0n) is 14.4. The van der Waals surface area contributed by atoms with Crippen molar-refractivity contribution < 1.29 is 4.79 Å². The molecule has 0 saturated carbocycles. The zero-order chi connectivity index (χ0) is 17.1. The lowest BCUT2D eigenvalue weighted by Crippen LogP contribution is -2.47. The third-order valence-electron chi connectivity index (χ3n) is 5.39. The number of hydrogen-bond acceptors (Lipinski definition) is 5. The minimum Gasteiger partial charge on any atom is -0.338 e. The summed E-state index contributed by atoms with van der Waals surface area (Å²) in [6.07, 6.45) is 8.60. The average molecular weight is 359 g/mol. The summed E-state index contributed by atoms with van der Waals surface area (Å²) >= 11 is 1.65. The second kappa shape index (κ2) is 7.66. The molecule has 2 atom stereocenters. The van der Waals surface area contributed by atoms with Crippen LogP contribution in [0.3, 0.4) is 0 Å². The summed E-state index contributed by atoms with van der Waals surface area (Å²) in [6.45, 7) is 3.93. The van der Waals surface area contributed by atoms with E-state index in [1.165, 1.54) is 12.0 Å². The molecule has 3 aliphatic rings.